The maximum atomic E-state index is 13.6. The number of rotatable bonds is 7. The first-order chi connectivity index (χ1) is 17.7. The lowest BCUT2D eigenvalue weighted by Gasteiger charge is -2.32. The van der Waals surface area contributed by atoms with Crippen LogP contribution in [0.5, 0.6) is 5.75 Å². The SMILES string of the molecule is CC1(C)c2cc(OC[C@@H](O)[C@H](O)CO)ccc2C(=O)c2c1[nH]c1cc(C(=O)Nc3ccccn3)ccc21. The van der Waals surface area contributed by atoms with Gasteiger partial charge in [0.15, 0.2) is 5.78 Å². The summed E-state index contributed by atoms with van der Waals surface area (Å²) in [6.07, 6.45) is -0.958. The van der Waals surface area contributed by atoms with Crippen molar-refractivity contribution in [2.45, 2.75) is 31.5 Å². The van der Waals surface area contributed by atoms with Crippen molar-refractivity contribution in [3.63, 3.8) is 0 Å². The number of aliphatic hydroxyl groups excluding tert-OH is 3. The summed E-state index contributed by atoms with van der Waals surface area (Å²) < 4.78 is 5.63. The molecule has 2 aromatic heterocycles. The Bertz CT molecular complexity index is 1490. The molecule has 5 rings (SSSR count). The van der Waals surface area contributed by atoms with Crippen LogP contribution in [0.4, 0.5) is 5.82 Å². The van der Waals surface area contributed by atoms with Crippen molar-refractivity contribution < 1.29 is 29.6 Å². The zero-order valence-corrected chi connectivity index (χ0v) is 20.4. The Morgan fingerprint density at radius 3 is 2.65 bits per heavy atom. The molecule has 1 aliphatic rings. The van der Waals surface area contributed by atoms with E-state index >= 15 is 0 Å². The Balaban J connectivity index is 1.47. The van der Waals surface area contributed by atoms with E-state index in [-0.39, 0.29) is 18.3 Å². The second kappa shape index (κ2) is 9.44. The highest BCUT2D eigenvalue weighted by molar-refractivity contribution is 6.20. The van der Waals surface area contributed by atoms with Crippen LogP contribution in [-0.2, 0) is 5.41 Å². The number of aliphatic hydroxyl groups is 3. The molecule has 0 spiro atoms. The summed E-state index contributed by atoms with van der Waals surface area (Å²) in [5, 5.41) is 31.9. The lowest BCUT2D eigenvalue weighted by Crippen LogP contribution is -2.34. The fraction of sp³-hybridized carbons (Fsp3) is 0.250. The number of H-pyrrole nitrogens is 1. The number of ketones is 1. The summed E-state index contributed by atoms with van der Waals surface area (Å²) >= 11 is 0. The van der Waals surface area contributed by atoms with Crippen LogP contribution >= 0.6 is 0 Å². The predicted octanol–water partition coefficient (Wildman–Crippen LogP) is 2.78. The fourth-order valence-electron chi connectivity index (χ4n) is 4.68. The van der Waals surface area contributed by atoms with Gasteiger partial charge < -0.3 is 30.4 Å². The molecular formula is C28H27N3O6. The molecule has 0 fully saturated rings. The first kappa shape index (κ1) is 24.6. The van der Waals surface area contributed by atoms with Crippen LogP contribution in [0.1, 0.15) is 51.4 Å². The lowest BCUT2D eigenvalue weighted by molar-refractivity contribution is -0.0339. The molecule has 2 aromatic carbocycles. The molecule has 2 heterocycles. The average molecular weight is 502 g/mol. The highest BCUT2D eigenvalue weighted by atomic mass is 16.5. The highest BCUT2D eigenvalue weighted by Crippen LogP contribution is 2.44. The Morgan fingerprint density at radius 2 is 1.92 bits per heavy atom. The smallest absolute Gasteiger partial charge is 0.256 e. The maximum Gasteiger partial charge on any atom is 0.256 e. The van der Waals surface area contributed by atoms with Crippen LogP contribution < -0.4 is 10.1 Å². The number of nitrogens with one attached hydrogen (secondary N) is 2. The largest absolute Gasteiger partial charge is 0.491 e. The number of amides is 1. The van der Waals surface area contributed by atoms with Gasteiger partial charge in [0.05, 0.1) is 12.2 Å². The van der Waals surface area contributed by atoms with E-state index in [0.717, 1.165) is 16.6 Å². The van der Waals surface area contributed by atoms with Crippen LogP contribution in [0.25, 0.3) is 10.9 Å². The second-order valence-electron chi connectivity index (χ2n) is 9.59. The predicted molar refractivity (Wildman–Crippen MR) is 137 cm³/mol. The summed E-state index contributed by atoms with van der Waals surface area (Å²) in [5.74, 6) is 0.430. The molecule has 4 aromatic rings. The third kappa shape index (κ3) is 4.37. The number of fused-ring (bicyclic) bond motifs is 4. The maximum absolute atomic E-state index is 13.6. The summed E-state index contributed by atoms with van der Waals surface area (Å²) in [5.41, 5.74) is 3.09. The molecule has 5 N–H and O–H groups in total. The Hall–Kier alpha value is -4.05. The molecule has 1 aliphatic carbocycles. The third-order valence-electron chi connectivity index (χ3n) is 6.78. The first-order valence-corrected chi connectivity index (χ1v) is 11.9. The molecule has 190 valence electrons. The zero-order chi connectivity index (χ0) is 26.3. The van der Waals surface area contributed by atoms with Gasteiger partial charge in [-0.25, -0.2) is 4.98 Å². The normalized spacial score (nSPS) is 15.5. The van der Waals surface area contributed by atoms with E-state index in [4.69, 9.17) is 9.84 Å². The van der Waals surface area contributed by atoms with Gasteiger partial charge in [-0.1, -0.05) is 26.0 Å². The van der Waals surface area contributed by atoms with Gasteiger partial charge in [-0.2, -0.15) is 0 Å². The fourth-order valence-corrected chi connectivity index (χ4v) is 4.68. The van der Waals surface area contributed by atoms with Crippen molar-refractivity contribution >= 4 is 28.4 Å². The summed E-state index contributed by atoms with van der Waals surface area (Å²) in [6.45, 7) is 3.20. The van der Waals surface area contributed by atoms with Gasteiger partial charge in [0.1, 0.15) is 30.4 Å². The molecule has 2 atom stereocenters. The van der Waals surface area contributed by atoms with Gasteiger partial charge in [-0.3, -0.25) is 9.59 Å². The molecule has 9 heteroatoms. The molecule has 0 bridgehead atoms. The summed E-state index contributed by atoms with van der Waals surface area (Å²) in [7, 11) is 0. The van der Waals surface area contributed by atoms with Crippen molar-refractivity contribution in [3.05, 3.63) is 88.7 Å². The number of pyridine rings is 1. The van der Waals surface area contributed by atoms with Gasteiger partial charge in [0, 0.05) is 39.3 Å². The van der Waals surface area contributed by atoms with Crippen molar-refractivity contribution in [3.8, 4) is 5.75 Å². The van der Waals surface area contributed by atoms with E-state index in [0.29, 0.717) is 33.8 Å². The van der Waals surface area contributed by atoms with E-state index in [9.17, 15) is 19.8 Å². The minimum absolute atomic E-state index is 0.136. The lowest BCUT2D eigenvalue weighted by atomic mass is 9.71. The number of hydrogen-bond donors (Lipinski definition) is 5. The second-order valence-corrected chi connectivity index (χ2v) is 9.59. The van der Waals surface area contributed by atoms with Crippen LogP contribution in [0.15, 0.2) is 60.8 Å². The molecule has 0 saturated heterocycles. The molecule has 9 nitrogen and oxygen atoms in total. The third-order valence-corrected chi connectivity index (χ3v) is 6.78. The van der Waals surface area contributed by atoms with Gasteiger partial charge in [-0.05, 0) is 48.0 Å². The molecule has 0 saturated carbocycles. The molecule has 1 amide bonds. The quantitative estimate of drug-likeness (QED) is 0.262. The number of aromatic nitrogens is 2. The minimum Gasteiger partial charge on any atom is -0.491 e. The standard InChI is InChI=1S/C28H27N3O6/c1-28(2)19-12-16(37-14-22(34)21(33)13-32)7-9-17(19)25(35)24-18-8-6-15(11-20(18)30-26(24)28)27(36)31-23-5-3-4-10-29-23/h3-12,21-22,30,32-34H,13-14H2,1-2H3,(H,29,31,36)/t21-,22-/m1/s1. The van der Waals surface area contributed by atoms with Crippen LogP contribution in [-0.4, -0.2) is 62.4 Å². The van der Waals surface area contributed by atoms with E-state index in [2.05, 4.69) is 15.3 Å². The number of nitrogens with zero attached hydrogens (tertiary/aromatic N) is 1. The van der Waals surface area contributed by atoms with Gasteiger partial charge in [0.25, 0.3) is 5.91 Å². The Kier molecular flexibility index (Phi) is 6.28. The van der Waals surface area contributed by atoms with E-state index in [1.807, 2.05) is 13.8 Å². The van der Waals surface area contributed by atoms with Crippen molar-refractivity contribution in [2.24, 2.45) is 0 Å². The van der Waals surface area contributed by atoms with Gasteiger partial charge in [0.2, 0.25) is 0 Å². The van der Waals surface area contributed by atoms with Crippen LogP contribution in [0.3, 0.4) is 0 Å². The Morgan fingerprint density at radius 1 is 1.11 bits per heavy atom. The van der Waals surface area contributed by atoms with Crippen LogP contribution in [0, 0.1) is 0 Å². The number of aromatic amines is 1. The minimum atomic E-state index is -1.31. The molecular weight excluding hydrogens is 474 g/mol. The monoisotopic (exact) mass is 501 g/mol. The van der Waals surface area contributed by atoms with Crippen molar-refractivity contribution in [1.82, 2.24) is 9.97 Å². The van der Waals surface area contributed by atoms with E-state index in [1.165, 1.54) is 0 Å². The number of carbonyl (C=O) groups excluding carboxylic acids is 2. The number of benzene rings is 2. The highest BCUT2D eigenvalue weighted by Gasteiger charge is 2.40. The number of carbonyl (C=O) groups is 2. The van der Waals surface area contributed by atoms with Crippen molar-refractivity contribution in [2.75, 3.05) is 18.5 Å². The number of hydrogen-bond acceptors (Lipinski definition) is 7. The molecule has 37 heavy (non-hydrogen) atoms. The van der Waals surface area contributed by atoms with Crippen LogP contribution in [0.2, 0.25) is 0 Å². The number of ether oxygens (including phenoxy) is 1. The van der Waals surface area contributed by atoms with Gasteiger partial charge >= 0.3 is 0 Å². The molecule has 0 radical (unpaired) electrons. The van der Waals surface area contributed by atoms with Crippen molar-refractivity contribution in [1.29, 1.82) is 0 Å². The van der Waals surface area contributed by atoms with E-state index in [1.54, 1.807) is 60.8 Å². The molecule has 0 aliphatic heterocycles. The Labute approximate surface area is 212 Å². The topological polar surface area (TPSA) is 145 Å². The van der Waals surface area contributed by atoms with E-state index < -0.39 is 24.2 Å². The van der Waals surface area contributed by atoms with Gasteiger partial charge in [-0.15, -0.1) is 0 Å². The molecule has 0 unspecified atom stereocenters. The first-order valence-electron chi connectivity index (χ1n) is 11.9. The summed E-state index contributed by atoms with van der Waals surface area (Å²) in [4.78, 5) is 33.9. The zero-order valence-electron chi connectivity index (χ0n) is 20.4. The summed E-state index contributed by atoms with van der Waals surface area (Å²) in [6, 6.07) is 15.5. The average Bonchev–Trinajstić information content (AvgIpc) is 3.31. The number of anilines is 1.